The molecule has 1 atom stereocenters. The van der Waals surface area contributed by atoms with Crippen molar-refractivity contribution in [1.29, 1.82) is 0 Å². The molecule has 1 saturated heterocycles. The Kier molecular flexibility index (Phi) is 9.07. The highest BCUT2D eigenvalue weighted by Crippen LogP contribution is 2.29. The third kappa shape index (κ3) is 6.41. The number of piperazine rings is 1. The first-order valence-corrected chi connectivity index (χ1v) is 16.4. The summed E-state index contributed by atoms with van der Waals surface area (Å²) in [5.41, 5.74) is 5.51. The van der Waals surface area contributed by atoms with Crippen LogP contribution in [-0.4, -0.2) is 72.8 Å². The van der Waals surface area contributed by atoms with E-state index in [0.717, 1.165) is 22.1 Å². The summed E-state index contributed by atoms with van der Waals surface area (Å²) in [5.74, 6) is 0.633. The molecular formula is C33H32Cl2N6O2S. The number of fused-ring (bicyclic) bond motifs is 3. The van der Waals surface area contributed by atoms with Crippen LogP contribution in [0.15, 0.2) is 71.9 Å². The molecule has 1 unspecified atom stereocenters. The van der Waals surface area contributed by atoms with E-state index in [-0.39, 0.29) is 17.9 Å². The van der Waals surface area contributed by atoms with Crippen molar-refractivity contribution in [3.63, 3.8) is 0 Å². The van der Waals surface area contributed by atoms with Gasteiger partial charge < -0.3 is 14.4 Å². The Bertz CT molecular complexity index is 1860. The smallest absolute Gasteiger partial charge is 0.255 e. The predicted molar refractivity (Wildman–Crippen MR) is 177 cm³/mol. The Balaban J connectivity index is 1.06. The Morgan fingerprint density at radius 1 is 1.00 bits per heavy atom. The second-order valence-corrected chi connectivity index (χ2v) is 13.0. The number of nitrogens with zero attached hydrogens (tertiary/aromatic N) is 6. The quantitative estimate of drug-likeness (QED) is 0.135. The maximum Gasteiger partial charge on any atom is 0.255 e. The fourth-order valence-electron chi connectivity index (χ4n) is 5.75. The van der Waals surface area contributed by atoms with E-state index >= 15 is 0 Å². The van der Waals surface area contributed by atoms with Gasteiger partial charge >= 0.3 is 0 Å². The Hall–Kier alpha value is -3.66. The van der Waals surface area contributed by atoms with Crippen molar-refractivity contribution in [2.45, 2.75) is 44.4 Å². The highest BCUT2D eigenvalue weighted by molar-refractivity contribution is 7.99. The van der Waals surface area contributed by atoms with E-state index in [1.54, 1.807) is 23.1 Å². The molecule has 3 heterocycles. The van der Waals surface area contributed by atoms with E-state index in [4.69, 9.17) is 28.2 Å². The lowest BCUT2D eigenvalue weighted by Crippen LogP contribution is -2.55. The van der Waals surface area contributed by atoms with Crippen LogP contribution >= 0.6 is 35.0 Å². The Morgan fingerprint density at radius 3 is 2.64 bits per heavy atom. The second-order valence-electron chi connectivity index (χ2n) is 11.1. The van der Waals surface area contributed by atoms with Gasteiger partial charge in [0.25, 0.3) is 5.91 Å². The molecule has 0 spiro atoms. The van der Waals surface area contributed by atoms with Gasteiger partial charge in [-0.25, -0.2) is 4.98 Å². The van der Waals surface area contributed by atoms with Crippen molar-refractivity contribution < 1.29 is 9.59 Å². The minimum Gasteiger partial charge on any atom is -0.339 e. The van der Waals surface area contributed by atoms with Gasteiger partial charge in [0.1, 0.15) is 5.52 Å². The van der Waals surface area contributed by atoms with Gasteiger partial charge in [0.2, 0.25) is 11.1 Å². The first kappa shape index (κ1) is 30.4. The van der Waals surface area contributed by atoms with Crippen molar-refractivity contribution in [3.8, 4) is 0 Å². The fourth-order valence-corrected chi connectivity index (χ4v) is 6.96. The second kappa shape index (κ2) is 13.1. The van der Waals surface area contributed by atoms with E-state index in [0.29, 0.717) is 65.5 Å². The summed E-state index contributed by atoms with van der Waals surface area (Å²) in [7, 11) is 0. The molecule has 0 aliphatic carbocycles. The third-order valence-corrected chi connectivity index (χ3v) is 9.42. The SMILES string of the molecule is Cc1cccc(Cn2c3ccccc3c3nnc(SCCCC(=O)N4CCN(C(=O)c5ccc(Cl)cc5Cl)C(C)C4)nc32)c1. The summed E-state index contributed by atoms with van der Waals surface area (Å²) in [5, 5.41) is 11.4. The molecule has 0 saturated carbocycles. The number of halogens is 2. The molecule has 6 rings (SSSR count). The lowest BCUT2D eigenvalue weighted by molar-refractivity contribution is -0.133. The van der Waals surface area contributed by atoms with Crippen LogP contribution in [0.2, 0.25) is 10.0 Å². The monoisotopic (exact) mass is 646 g/mol. The molecule has 11 heteroatoms. The summed E-state index contributed by atoms with van der Waals surface area (Å²) in [6.45, 7) is 6.16. The fraction of sp³-hybridized carbons (Fsp3) is 0.303. The van der Waals surface area contributed by atoms with Crippen LogP contribution in [-0.2, 0) is 11.3 Å². The summed E-state index contributed by atoms with van der Waals surface area (Å²) < 4.78 is 2.20. The van der Waals surface area contributed by atoms with Gasteiger partial charge in [0, 0.05) is 54.8 Å². The normalized spacial score (nSPS) is 15.3. The lowest BCUT2D eigenvalue weighted by atomic mass is 10.1. The highest BCUT2D eigenvalue weighted by atomic mass is 35.5. The van der Waals surface area contributed by atoms with Crippen LogP contribution in [0.5, 0.6) is 0 Å². The average Bonchev–Trinajstić information content (AvgIpc) is 3.31. The first-order valence-electron chi connectivity index (χ1n) is 14.6. The Morgan fingerprint density at radius 2 is 1.84 bits per heavy atom. The number of hydrogen-bond donors (Lipinski definition) is 0. The summed E-state index contributed by atoms with van der Waals surface area (Å²) in [6, 6.07) is 21.4. The standard InChI is InChI=1S/C33H32Cl2N6O2S/c1-21-7-5-8-23(17-21)20-41-28-10-4-3-9-26(28)30-31(41)36-33(38-37-30)44-16-6-11-29(42)39-14-15-40(22(2)19-39)32(43)25-13-12-24(34)18-27(25)35/h3-5,7-10,12-13,17-18,22H,6,11,14-16,19-20H2,1-2H3. The third-order valence-electron chi connectivity index (χ3n) is 7.95. The van der Waals surface area contributed by atoms with Gasteiger partial charge in [-0.2, -0.15) is 0 Å². The number of aryl methyl sites for hydroxylation is 1. The van der Waals surface area contributed by atoms with Crippen molar-refractivity contribution in [2.24, 2.45) is 0 Å². The number of aromatic nitrogens is 4. The van der Waals surface area contributed by atoms with E-state index in [9.17, 15) is 9.59 Å². The van der Waals surface area contributed by atoms with Crippen molar-refractivity contribution in [3.05, 3.63) is 93.5 Å². The number of thioether (sulfide) groups is 1. The van der Waals surface area contributed by atoms with Crippen LogP contribution < -0.4 is 0 Å². The van der Waals surface area contributed by atoms with Gasteiger partial charge in [0.05, 0.1) is 16.1 Å². The number of hydrogen-bond acceptors (Lipinski definition) is 6. The van der Waals surface area contributed by atoms with Crippen molar-refractivity contribution in [1.82, 2.24) is 29.5 Å². The number of carbonyl (C=O) groups is 2. The van der Waals surface area contributed by atoms with Crippen LogP contribution in [0.4, 0.5) is 0 Å². The van der Waals surface area contributed by atoms with Crippen LogP contribution in [0.25, 0.3) is 22.1 Å². The molecule has 1 aliphatic heterocycles. The molecule has 0 radical (unpaired) electrons. The molecule has 2 aromatic heterocycles. The molecular weight excluding hydrogens is 615 g/mol. The molecule has 2 amide bonds. The molecule has 0 bridgehead atoms. The minimum absolute atomic E-state index is 0.0850. The zero-order valence-electron chi connectivity index (χ0n) is 24.5. The minimum atomic E-state index is -0.147. The molecule has 5 aromatic rings. The average molecular weight is 648 g/mol. The van der Waals surface area contributed by atoms with Gasteiger partial charge in [0.15, 0.2) is 5.65 Å². The topological polar surface area (TPSA) is 84.2 Å². The number of rotatable bonds is 8. The molecule has 1 fully saturated rings. The van der Waals surface area contributed by atoms with Crippen LogP contribution in [0.3, 0.4) is 0 Å². The number of amides is 2. The largest absolute Gasteiger partial charge is 0.339 e. The van der Waals surface area contributed by atoms with E-state index < -0.39 is 0 Å². The van der Waals surface area contributed by atoms with Crippen LogP contribution in [0, 0.1) is 6.92 Å². The summed E-state index contributed by atoms with van der Waals surface area (Å²) in [4.78, 5) is 34.7. The molecule has 226 valence electrons. The van der Waals surface area contributed by atoms with Gasteiger partial charge in [-0.15, -0.1) is 10.2 Å². The maximum absolute atomic E-state index is 13.1. The van der Waals surface area contributed by atoms with Crippen molar-refractivity contribution in [2.75, 3.05) is 25.4 Å². The van der Waals surface area contributed by atoms with E-state index in [2.05, 4.69) is 58.1 Å². The summed E-state index contributed by atoms with van der Waals surface area (Å²) in [6.07, 6.45) is 1.10. The molecule has 1 aliphatic rings. The predicted octanol–water partition coefficient (Wildman–Crippen LogP) is 6.89. The number of carbonyl (C=O) groups excluding carboxylic acids is 2. The van der Waals surface area contributed by atoms with Gasteiger partial charge in [-0.3, -0.25) is 9.59 Å². The number of para-hydroxylation sites is 1. The van der Waals surface area contributed by atoms with Crippen molar-refractivity contribution >= 4 is 68.8 Å². The lowest BCUT2D eigenvalue weighted by Gasteiger charge is -2.40. The molecule has 44 heavy (non-hydrogen) atoms. The molecule has 8 nitrogen and oxygen atoms in total. The first-order chi connectivity index (χ1) is 21.3. The summed E-state index contributed by atoms with van der Waals surface area (Å²) >= 11 is 13.8. The van der Waals surface area contributed by atoms with Crippen LogP contribution in [0.1, 0.15) is 41.3 Å². The molecule has 0 N–H and O–H groups in total. The Labute approximate surface area is 270 Å². The highest BCUT2D eigenvalue weighted by Gasteiger charge is 2.31. The van der Waals surface area contributed by atoms with E-state index in [1.165, 1.54) is 22.9 Å². The molecule has 3 aromatic carbocycles. The van der Waals surface area contributed by atoms with Gasteiger partial charge in [-0.05, 0) is 50.1 Å². The van der Waals surface area contributed by atoms with E-state index in [1.807, 2.05) is 24.0 Å². The zero-order valence-corrected chi connectivity index (χ0v) is 26.9. The van der Waals surface area contributed by atoms with Gasteiger partial charge in [-0.1, -0.05) is 83.0 Å². The number of benzene rings is 3. The zero-order chi connectivity index (χ0) is 30.8. The maximum atomic E-state index is 13.1.